The number of ether oxygens (including phenoxy) is 1. The van der Waals surface area contributed by atoms with E-state index in [0.29, 0.717) is 40.9 Å². The molecule has 0 heterocycles. The Bertz CT molecular complexity index is 1470. The maximum atomic E-state index is 14.2. The number of para-hydroxylation sites is 2. The monoisotopic (exact) mass is 633 g/mol. The Morgan fingerprint density at radius 1 is 0.929 bits per heavy atom. The molecule has 1 N–H and O–H groups in total. The van der Waals surface area contributed by atoms with Crippen LogP contribution in [0.5, 0.6) is 5.75 Å². The lowest BCUT2D eigenvalue weighted by molar-refractivity contribution is -0.140. The van der Waals surface area contributed by atoms with E-state index < -0.39 is 28.5 Å². The van der Waals surface area contributed by atoms with Gasteiger partial charge < -0.3 is 15.0 Å². The number of carbonyl (C=O) groups excluding carboxylic acids is 2. The van der Waals surface area contributed by atoms with Gasteiger partial charge in [0.15, 0.2) is 0 Å². The lowest BCUT2D eigenvalue weighted by atomic mass is 10.1. The molecule has 0 unspecified atom stereocenters. The molecule has 0 bridgehead atoms. The first-order valence-electron chi connectivity index (χ1n) is 13.8. The average molecular weight is 635 g/mol. The minimum Gasteiger partial charge on any atom is -0.492 e. The summed E-state index contributed by atoms with van der Waals surface area (Å²) in [6.07, 6.45) is 0.304. The fourth-order valence-corrected chi connectivity index (χ4v) is 6.12. The van der Waals surface area contributed by atoms with E-state index in [0.717, 1.165) is 4.31 Å². The van der Waals surface area contributed by atoms with E-state index in [1.54, 1.807) is 74.5 Å². The second-order valence-corrected chi connectivity index (χ2v) is 12.7. The third-order valence-corrected chi connectivity index (χ3v) is 8.96. The van der Waals surface area contributed by atoms with Crippen molar-refractivity contribution < 1.29 is 22.7 Å². The van der Waals surface area contributed by atoms with Gasteiger partial charge >= 0.3 is 0 Å². The van der Waals surface area contributed by atoms with Gasteiger partial charge in [0.1, 0.15) is 18.3 Å². The first-order valence-corrected chi connectivity index (χ1v) is 16.0. The van der Waals surface area contributed by atoms with Crippen molar-refractivity contribution in [3.8, 4) is 5.75 Å². The highest BCUT2D eigenvalue weighted by molar-refractivity contribution is 7.92. The summed E-state index contributed by atoms with van der Waals surface area (Å²) in [6.45, 7) is 7.70. The van der Waals surface area contributed by atoms with Crippen LogP contribution in [-0.2, 0) is 26.2 Å². The summed E-state index contributed by atoms with van der Waals surface area (Å²) in [5, 5.41) is 3.57. The molecule has 0 aromatic heterocycles. The number of carbonyl (C=O) groups is 2. The van der Waals surface area contributed by atoms with Crippen LogP contribution >= 0.6 is 23.2 Å². The normalized spacial score (nSPS) is 12.1. The predicted molar refractivity (Wildman–Crippen MR) is 168 cm³/mol. The number of amides is 2. The number of nitrogens with zero attached hydrogens (tertiary/aromatic N) is 2. The first-order chi connectivity index (χ1) is 20.0. The van der Waals surface area contributed by atoms with E-state index in [2.05, 4.69) is 5.32 Å². The molecule has 8 nitrogen and oxygen atoms in total. The summed E-state index contributed by atoms with van der Waals surface area (Å²) in [6, 6.07) is 18.6. The number of sulfonamides is 1. The van der Waals surface area contributed by atoms with Crippen molar-refractivity contribution in [2.45, 2.75) is 51.6 Å². The van der Waals surface area contributed by atoms with Crippen molar-refractivity contribution >= 4 is 50.7 Å². The van der Waals surface area contributed by atoms with Crippen LogP contribution in [0.2, 0.25) is 10.0 Å². The molecular weight excluding hydrogens is 597 g/mol. The van der Waals surface area contributed by atoms with Crippen LogP contribution in [0, 0.1) is 5.92 Å². The summed E-state index contributed by atoms with van der Waals surface area (Å²) >= 11 is 12.4. The molecule has 0 saturated carbocycles. The van der Waals surface area contributed by atoms with Crippen molar-refractivity contribution in [1.29, 1.82) is 0 Å². The Hall–Kier alpha value is -3.27. The fourth-order valence-electron chi connectivity index (χ4n) is 4.35. The molecule has 1 atom stereocenters. The zero-order chi connectivity index (χ0) is 30.9. The zero-order valence-corrected chi connectivity index (χ0v) is 26.5. The van der Waals surface area contributed by atoms with Crippen LogP contribution in [0.15, 0.2) is 77.7 Å². The minimum absolute atomic E-state index is 0.00958. The van der Waals surface area contributed by atoms with E-state index in [4.69, 9.17) is 27.9 Å². The molecule has 0 fully saturated rings. The molecule has 3 rings (SSSR count). The molecule has 0 aliphatic carbocycles. The second-order valence-electron chi connectivity index (χ2n) is 10.1. The van der Waals surface area contributed by atoms with E-state index in [1.807, 2.05) is 13.8 Å². The summed E-state index contributed by atoms with van der Waals surface area (Å²) < 4.78 is 34.8. The second kappa shape index (κ2) is 15.3. The molecule has 11 heteroatoms. The van der Waals surface area contributed by atoms with Gasteiger partial charge in [0.25, 0.3) is 10.0 Å². The van der Waals surface area contributed by atoms with E-state index in [1.165, 1.54) is 17.0 Å². The smallest absolute Gasteiger partial charge is 0.264 e. The molecule has 0 spiro atoms. The lowest BCUT2D eigenvalue weighted by Crippen LogP contribution is -2.52. The largest absolute Gasteiger partial charge is 0.492 e. The van der Waals surface area contributed by atoms with Gasteiger partial charge in [-0.15, -0.1) is 0 Å². The minimum atomic E-state index is -4.22. The van der Waals surface area contributed by atoms with Crippen LogP contribution in [-0.4, -0.2) is 50.9 Å². The third-order valence-electron chi connectivity index (χ3n) is 6.45. The highest BCUT2D eigenvalue weighted by Crippen LogP contribution is 2.33. The molecule has 0 aliphatic heterocycles. The SMILES string of the molecule is CCOc1ccccc1N(CC(=O)N(Cc1ccc(Cl)c(Cl)c1)[C@@H](CC)C(=O)NCC(C)C)S(=O)(=O)c1ccccc1. The van der Waals surface area contributed by atoms with Crippen LogP contribution < -0.4 is 14.4 Å². The number of nitrogens with one attached hydrogen (secondary N) is 1. The van der Waals surface area contributed by atoms with E-state index >= 15 is 0 Å². The standard InChI is InChI=1S/C31H37Cl2N3O5S/c1-5-27(31(38)34-19-22(3)4)35(20-23-16-17-25(32)26(33)18-23)30(37)21-36(28-14-10-11-15-29(28)41-6-2)42(39,40)24-12-8-7-9-13-24/h7-18,22,27H,5-6,19-21H2,1-4H3,(H,34,38)/t27-/m0/s1. The summed E-state index contributed by atoms with van der Waals surface area (Å²) in [5.74, 6) is -0.387. The van der Waals surface area contributed by atoms with Gasteiger partial charge in [0.05, 0.1) is 27.2 Å². The Kier molecular flexibility index (Phi) is 12.1. The number of anilines is 1. The fraction of sp³-hybridized carbons (Fsp3) is 0.355. The Balaban J connectivity index is 2.10. The van der Waals surface area contributed by atoms with Crippen molar-refractivity contribution in [1.82, 2.24) is 10.2 Å². The molecule has 0 radical (unpaired) electrons. The van der Waals surface area contributed by atoms with Gasteiger partial charge in [-0.3, -0.25) is 13.9 Å². The summed E-state index contributed by atoms with van der Waals surface area (Å²) in [7, 11) is -4.22. The van der Waals surface area contributed by atoms with E-state index in [-0.39, 0.29) is 29.0 Å². The molecule has 0 saturated heterocycles. The number of hydrogen-bond donors (Lipinski definition) is 1. The molecule has 2 amide bonds. The molecule has 3 aromatic carbocycles. The number of benzene rings is 3. The molecule has 226 valence electrons. The lowest BCUT2D eigenvalue weighted by Gasteiger charge is -2.33. The van der Waals surface area contributed by atoms with Crippen molar-refractivity contribution in [3.63, 3.8) is 0 Å². The average Bonchev–Trinajstić information content (AvgIpc) is 2.97. The Morgan fingerprint density at radius 3 is 2.21 bits per heavy atom. The maximum Gasteiger partial charge on any atom is 0.264 e. The zero-order valence-electron chi connectivity index (χ0n) is 24.2. The maximum absolute atomic E-state index is 14.2. The number of hydrogen-bond acceptors (Lipinski definition) is 5. The van der Waals surface area contributed by atoms with Gasteiger partial charge in [-0.1, -0.05) is 80.4 Å². The van der Waals surface area contributed by atoms with Crippen LogP contribution in [0.4, 0.5) is 5.69 Å². The van der Waals surface area contributed by atoms with Crippen LogP contribution in [0.1, 0.15) is 39.7 Å². The summed E-state index contributed by atoms with van der Waals surface area (Å²) in [5.41, 5.74) is 0.850. The molecule has 3 aromatic rings. The van der Waals surface area contributed by atoms with Gasteiger partial charge in [0.2, 0.25) is 11.8 Å². The van der Waals surface area contributed by atoms with Gasteiger partial charge in [-0.25, -0.2) is 8.42 Å². The molecule has 42 heavy (non-hydrogen) atoms. The van der Waals surface area contributed by atoms with Gasteiger partial charge in [0, 0.05) is 13.1 Å². The van der Waals surface area contributed by atoms with E-state index in [9.17, 15) is 18.0 Å². The van der Waals surface area contributed by atoms with Crippen molar-refractivity contribution in [3.05, 3.63) is 88.4 Å². The number of halogens is 2. The predicted octanol–water partition coefficient (Wildman–Crippen LogP) is 6.17. The van der Waals surface area contributed by atoms with Crippen molar-refractivity contribution in [2.75, 3.05) is 24.0 Å². The third kappa shape index (κ3) is 8.40. The highest BCUT2D eigenvalue weighted by atomic mass is 35.5. The van der Waals surface area contributed by atoms with Crippen molar-refractivity contribution in [2.24, 2.45) is 5.92 Å². The number of rotatable bonds is 14. The Labute approximate surface area is 258 Å². The molecule has 0 aliphatic rings. The molecular formula is C31H37Cl2N3O5S. The van der Waals surface area contributed by atoms with Crippen LogP contribution in [0.25, 0.3) is 0 Å². The first kappa shape index (κ1) is 33.2. The van der Waals surface area contributed by atoms with Crippen LogP contribution in [0.3, 0.4) is 0 Å². The van der Waals surface area contributed by atoms with Gasteiger partial charge in [-0.2, -0.15) is 0 Å². The highest BCUT2D eigenvalue weighted by Gasteiger charge is 2.34. The Morgan fingerprint density at radius 2 is 1.60 bits per heavy atom. The topological polar surface area (TPSA) is 96.0 Å². The quantitative estimate of drug-likeness (QED) is 0.229. The summed E-state index contributed by atoms with van der Waals surface area (Å²) in [4.78, 5) is 29.0. The van der Waals surface area contributed by atoms with Gasteiger partial charge in [-0.05, 0) is 61.2 Å².